The Hall–Kier alpha value is -3.66. The maximum absolute atomic E-state index is 13.3. The monoisotopic (exact) mass is 554 g/mol. The van der Waals surface area contributed by atoms with Crippen LogP contribution in [0.15, 0.2) is 42.6 Å². The van der Waals surface area contributed by atoms with Crippen LogP contribution in [0.4, 0.5) is 0 Å². The number of nitrogens with zero attached hydrogens (tertiary/aromatic N) is 1. The Morgan fingerprint density at radius 3 is 2.58 bits per heavy atom. The van der Waals surface area contributed by atoms with E-state index in [2.05, 4.69) is 22.4 Å². The van der Waals surface area contributed by atoms with Crippen molar-refractivity contribution in [2.75, 3.05) is 20.5 Å². The van der Waals surface area contributed by atoms with Gasteiger partial charge in [-0.2, -0.15) is 0 Å². The minimum atomic E-state index is -0.885. The number of nitrogens with one attached hydrogen (secondary N) is 1. The zero-order valence-corrected chi connectivity index (χ0v) is 23.3. The number of methoxy groups -OCH3 is 1. The molecule has 0 bridgehead atoms. The van der Waals surface area contributed by atoms with Crippen molar-refractivity contribution in [1.29, 1.82) is 0 Å². The van der Waals surface area contributed by atoms with Crippen LogP contribution in [-0.4, -0.2) is 61.6 Å². The molecule has 2 heterocycles. The highest BCUT2D eigenvalue weighted by atomic mass is 16.7. The van der Waals surface area contributed by atoms with Crippen LogP contribution in [0, 0.1) is 11.8 Å². The van der Waals surface area contributed by atoms with Crippen LogP contribution in [0.2, 0.25) is 0 Å². The molecule has 4 rings (SSSR count). The second kappa shape index (κ2) is 14.1. The van der Waals surface area contributed by atoms with Crippen LogP contribution in [-0.2, 0) is 30.2 Å². The van der Waals surface area contributed by atoms with Crippen molar-refractivity contribution in [1.82, 2.24) is 10.3 Å². The molecule has 4 atom stereocenters. The van der Waals surface area contributed by atoms with Gasteiger partial charge in [0, 0.05) is 31.7 Å². The standard InChI is InChI=1S/C30H38N2O8/c1-19-23(16-21-8-5-4-6-9-21)25(37-17-22-12-13-22)11-7-10-24(30(35)40-19)32-29(34)27-28(39-18-38-20(2)33)26(36-3)14-15-31-27/h4-6,8-9,14-15,19,22-25H,7,10-13,16-18H2,1-3H3,(H,32,34)/t19-,23-,24?,25-/m0/s1. The summed E-state index contributed by atoms with van der Waals surface area (Å²) in [5.74, 6) is -0.855. The first-order chi connectivity index (χ1) is 19.4. The van der Waals surface area contributed by atoms with Crippen molar-refractivity contribution in [3.05, 3.63) is 53.9 Å². The van der Waals surface area contributed by atoms with Gasteiger partial charge in [-0.05, 0) is 56.9 Å². The third-order valence-electron chi connectivity index (χ3n) is 7.28. The van der Waals surface area contributed by atoms with Gasteiger partial charge in [-0.15, -0.1) is 0 Å². The van der Waals surface area contributed by atoms with E-state index in [4.69, 9.17) is 23.7 Å². The number of esters is 2. The van der Waals surface area contributed by atoms with Gasteiger partial charge in [0.25, 0.3) is 5.91 Å². The maximum Gasteiger partial charge on any atom is 0.328 e. The highest BCUT2D eigenvalue weighted by Crippen LogP contribution is 2.33. The fourth-order valence-electron chi connectivity index (χ4n) is 4.87. The lowest BCUT2D eigenvalue weighted by molar-refractivity contribution is -0.155. The number of hydrogen-bond acceptors (Lipinski definition) is 9. The summed E-state index contributed by atoms with van der Waals surface area (Å²) >= 11 is 0. The fraction of sp³-hybridized carbons (Fsp3) is 0.533. The molecule has 0 radical (unpaired) electrons. The molecule has 2 fully saturated rings. The zero-order valence-electron chi connectivity index (χ0n) is 23.3. The normalized spacial score (nSPS) is 23.1. The van der Waals surface area contributed by atoms with Crippen LogP contribution >= 0.6 is 0 Å². The van der Waals surface area contributed by atoms with Crippen molar-refractivity contribution in [2.45, 2.75) is 70.6 Å². The molecule has 2 aromatic rings. The van der Waals surface area contributed by atoms with E-state index in [0.717, 1.165) is 18.4 Å². The van der Waals surface area contributed by atoms with Crippen LogP contribution in [0.3, 0.4) is 0 Å². The number of benzene rings is 1. The fourth-order valence-corrected chi connectivity index (χ4v) is 4.87. The number of pyridine rings is 1. The second-order valence-corrected chi connectivity index (χ2v) is 10.4. The van der Waals surface area contributed by atoms with Gasteiger partial charge in [-0.1, -0.05) is 30.3 Å². The number of carbonyl (C=O) groups is 3. The van der Waals surface area contributed by atoms with E-state index in [-0.39, 0.29) is 29.2 Å². The predicted molar refractivity (Wildman–Crippen MR) is 145 cm³/mol. The molecule has 1 saturated carbocycles. The van der Waals surface area contributed by atoms with Crippen LogP contribution in [0.25, 0.3) is 0 Å². The summed E-state index contributed by atoms with van der Waals surface area (Å²) in [6, 6.07) is 10.8. The molecule has 1 aromatic carbocycles. The van der Waals surface area contributed by atoms with E-state index < -0.39 is 36.8 Å². The molecule has 1 saturated heterocycles. The average molecular weight is 555 g/mol. The highest BCUT2D eigenvalue weighted by Gasteiger charge is 2.36. The second-order valence-electron chi connectivity index (χ2n) is 10.4. The van der Waals surface area contributed by atoms with Gasteiger partial charge in [0.15, 0.2) is 17.2 Å². The Morgan fingerprint density at radius 1 is 1.10 bits per heavy atom. The maximum atomic E-state index is 13.3. The third-order valence-corrected chi connectivity index (χ3v) is 7.28. The van der Waals surface area contributed by atoms with Crippen molar-refractivity contribution in [3.8, 4) is 11.5 Å². The first-order valence-electron chi connectivity index (χ1n) is 13.8. The van der Waals surface area contributed by atoms with Crippen molar-refractivity contribution in [2.24, 2.45) is 11.8 Å². The number of hydrogen-bond donors (Lipinski definition) is 1. The van der Waals surface area contributed by atoms with Gasteiger partial charge < -0.3 is 29.0 Å². The molecule has 0 spiro atoms. The number of cyclic esters (lactones) is 1. The van der Waals surface area contributed by atoms with Crippen LogP contribution in [0.1, 0.15) is 62.0 Å². The SMILES string of the molecule is COc1ccnc(C(=O)NC2CCC[C@H](OCC3CC3)[C@@H](Cc3ccccc3)[C@H](C)OC2=O)c1OCOC(C)=O. The first-order valence-corrected chi connectivity index (χ1v) is 13.8. The van der Waals surface area contributed by atoms with Crippen molar-refractivity contribution >= 4 is 17.8 Å². The first kappa shape index (κ1) is 29.3. The molecule has 1 unspecified atom stereocenters. The van der Waals surface area contributed by atoms with Gasteiger partial charge in [-0.3, -0.25) is 9.59 Å². The summed E-state index contributed by atoms with van der Waals surface area (Å²) < 4.78 is 28.0. The molecule has 1 aliphatic carbocycles. The van der Waals surface area contributed by atoms with E-state index in [9.17, 15) is 14.4 Å². The molecule has 40 heavy (non-hydrogen) atoms. The lowest BCUT2D eigenvalue weighted by atomic mass is 9.87. The Labute approximate surface area is 234 Å². The van der Waals surface area contributed by atoms with Gasteiger partial charge in [0.2, 0.25) is 6.79 Å². The predicted octanol–water partition coefficient (Wildman–Crippen LogP) is 3.86. The Balaban J connectivity index is 1.49. The van der Waals surface area contributed by atoms with E-state index in [1.165, 1.54) is 39.1 Å². The summed E-state index contributed by atoms with van der Waals surface area (Å²) in [6.07, 6.45) is 5.79. The summed E-state index contributed by atoms with van der Waals surface area (Å²) in [6.45, 7) is 3.43. The topological polar surface area (TPSA) is 122 Å². The molecule has 1 aromatic heterocycles. The molecule has 1 aliphatic heterocycles. The molecular formula is C30H38N2O8. The molecule has 216 valence electrons. The highest BCUT2D eigenvalue weighted by molar-refractivity contribution is 5.98. The number of ether oxygens (including phenoxy) is 5. The van der Waals surface area contributed by atoms with E-state index in [1.807, 2.05) is 25.1 Å². The van der Waals surface area contributed by atoms with Gasteiger partial charge in [0.05, 0.1) is 13.2 Å². The molecule has 1 amide bonds. The molecule has 1 N–H and O–H groups in total. The number of aromatic nitrogens is 1. The molecule has 2 aliphatic rings. The molecule has 10 nitrogen and oxygen atoms in total. The van der Waals surface area contributed by atoms with Gasteiger partial charge in [-0.25, -0.2) is 9.78 Å². The Morgan fingerprint density at radius 2 is 1.88 bits per heavy atom. The quantitative estimate of drug-likeness (QED) is 0.326. The third kappa shape index (κ3) is 8.17. The Bertz CT molecular complexity index is 1150. The lowest BCUT2D eigenvalue weighted by Crippen LogP contribution is -2.44. The van der Waals surface area contributed by atoms with Crippen LogP contribution in [0.5, 0.6) is 11.5 Å². The largest absolute Gasteiger partial charge is 0.493 e. The van der Waals surface area contributed by atoms with E-state index in [0.29, 0.717) is 25.4 Å². The number of rotatable bonds is 11. The van der Waals surface area contributed by atoms with Crippen molar-refractivity contribution in [3.63, 3.8) is 0 Å². The minimum Gasteiger partial charge on any atom is -0.493 e. The summed E-state index contributed by atoms with van der Waals surface area (Å²) in [7, 11) is 1.42. The lowest BCUT2D eigenvalue weighted by Gasteiger charge is -2.31. The number of carbonyl (C=O) groups excluding carboxylic acids is 3. The van der Waals surface area contributed by atoms with Crippen LogP contribution < -0.4 is 14.8 Å². The smallest absolute Gasteiger partial charge is 0.328 e. The summed E-state index contributed by atoms with van der Waals surface area (Å²) in [5.41, 5.74) is 1.06. The average Bonchev–Trinajstić information content (AvgIpc) is 3.77. The summed E-state index contributed by atoms with van der Waals surface area (Å²) in [4.78, 5) is 41.9. The minimum absolute atomic E-state index is 0.00465. The van der Waals surface area contributed by atoms with Gasteiger partial charge >= 0.3 is 11.9 Å². The zero-order chi connectivity index (χ0) is 28.5. The Kier molecular flexibility index (Phi) is 10.3. The van der Waals surface area contributed by atoms with E-state index in [1.54, 1.807) is 0 Å². The summed E-state index contributed by atoms with van der Waals surface area (Å²) in [5, 5.41) is 2.77. The van der Waals surface area contributed by atoms with Crippen molar-refractivity contribution < 1.29 is 38.1 Å². The van der Waals surface area contributed by atoms with E-state index >= 15 is 0 Å². The van der Waals surface area contributed by atoms with Gasteiger partial charge in [0.1, 0.15) is 12.1 Å². The molecule has 10 heteroatoms. The molecular weight excluding hydrogens is 516 g/mol. The number of amides is 1.